The van der Waals surface area contributed by atoms with Gasteiger partial charge in [0.05, 0.1) is 0 Å². The van der Waals surface area contributed by atoms with Gasteiger partial charge in [0.15, 0.2) is 5.84 Å². The maximum Gasteiger partial charge on any atom is 0.408 e. The summed E-state index contributed by atoms with van der Waals surface area (Å²) in [5.41, 5.74) is 6.77. The van der Waals surface area contributed by atoms with E-state index in [1.165, 1.54) is 0 Å². The van der Waals surface area contributed by atoms with E-state index in [1.54, 1.807) is 45.0 Å². The number of nitrogens with zero attached hydrogens (tertiary/aromatic N) is 1. The van der Waals surface area contributed by atoms with Gasteiger partial charge in [-0.1, -0.05) is 35.5 Å². The molecule has 5 N–H and O–H groups in total. The van der Waals surface area contributed by atoms with Crippen molar-refractivity contribution in [3.8, 4) is 0 Å². The molecular formula is C21H26N4O4. The van der Waals surface area contributed by atoms with Crippen LogP contribution in [-0.2, 0) is 16.0 Å². The normalized spacial score (nSPS) is 12.7. The van der Waals surface area contributed by atoms with E-state index in [0.29, 0.717) is 17.7 Å². The largest absolute Gasteiger partial charge is 0.444 e. The van der Waals surface area contributed by atoms with E-state index in [4.69, 9.17) is 15.7 Å². The molecule has 2 aromatic carbocycles. The SMILES string of the molecule is CC(C)(C)OC(=O)NC(Cc1ccccc1)C(=O)Nc1ccc(C(N)=NO)cc1. The van der Waals surface area contributed by atoms with E-state index in [0.717, 1.165) is 5.56 Å². The average molecular weight is 398 g/mol. The third-order valence-corrected chi connectivity index (χ3v) is 3.85. The highest BCUT2D eigenvalue weighted by molar-refractivity contribution is 5.99. The van der Waals surface area contributed by atoms with Crippen molar-refractivity contribution in [1.82, 2.24) is 5.32 Å². The van der Waals surface area contributed by atoms with Gasteiger partial charge < -0.3 is 26.3 Å². The highest BCUT2D eigenvalue weighted by atomic mass is 16.6. The predicted molar refractivity (Wildman–Crippen MR) is 111 cm³/mol. The van der Waals surface area contributed by atoms with Crippen LogP contribution in [0.2, 0.25) is 0 Å². The van der Waals surface area contributed by atoms with E-state index in [2.05, 4.69) is 15.8 Å². The van der Waals surface area contributed by atoms with Crippen molar-refractivity contribution >= 4 is 23.5 Å². The van der Waals surface area contributed by atoms with Crippen LogP contribution in [0.1, 0.15) is 31.9 Å². The number of oxime groups is 1. The molecule has 0 spiro atoms. The van der Waals surface area contributed by atoms with Crippen LogP contribution in [0.5, 0.6) is 0 Å². The summed E-state index contributed by atoms with van der Waals surface area (Å²) in [6, 6.07) is 15.0. The molecule has 0 heterocycles. The zero-order valence-corrected chi connectivity index (χ0v) is 16.7. The second kappa shape index (κ2) is 9.59. The van der Waals surface area contributed by atoms with Crippen LogP contribution < -0.4 is 16.4 Å². The van der Waals surface area contributed by atoms with Crippen molar-refractivity contribution in [1.29, 1.82) is 0 Å². The molecule has 0 aliphatic carbocycles. The molecule has 8 nitrogen and oxygen atoms in total. The van der Waals surface area contributed by atoms with Crippen molar-refractivity contribution in [3.63, 3.8) is 0 Å². The molecule has 0 aromatic heterocycles. The number of nitrogens with one attached hydrogen (secondary N) is 2. The summed E-state index contributed by atoms with van der Waals surface area (Å²) in [5, 5.41) is 17.1. The van der Waals surface area contributed by atoms with Gasteiger partial charge in [0.1, 0.15) is 11.6 Å². The average Bonchev–Trinajstić information content (AvgIpc) is 2.66. The summed E-state index contributed by atoms with van der Waals surface area (Å²) in [6.45, 7) is 5.26. The topological polar surface area (TPSA) is 126 Å². The number of carbonyl (C=O) groups excluding carboxylic acids is 2. The summed E-state index contributed by atoms with van der Waals surface area (Å²) in [6.07, 6.45) is -0.371. The zero-order valence-electron chi connectivity index (χ0n) is 16.7. The summed E-state index contributed by atoms with van der Waals surface area (Å²) in [7, 11) is 0. The van der Waals surface area contributed by atoms with E-state index < -0.39 is 23.6 Å². The number of carbonyl (C=O) groups is 2. The summed E-state index contributed by atoms with van der Waals surface area (Å²) < 4.78 is 5.28. The van der Waals surface area contributed by atoms with Crippen molar-refractivity contribution in [2.24, 2.45) is 10.9 Å². The molecule has 2 rings (SSSR count). The van der Waals surface area contributed by atoms with Crippen LogP contribution in [0.15, 0.2) is 59.8 Å². The van der Waals surface area contributed by atoms with Gasteiger partial charge in [-0.3, -0.25) is 4.79 Å². The first-order valence-corrected chi connectivity index (χ1v) is 9.10. The minimum atomic E-state index is -0.837. The van der Waals surface area contributed by atoms with Crippen LogP contribution in [-0.4, -0.2) is 34.7 Å². The number of amidine groups is 1. The number of nitrogens with two attached hydrogens (primary N) is 1. The van der Waals surface area contributed by atoms with Gasteiger partial charge in [-0.25, -0.2) is 4.79 Å². The number of hydrogen-bond donors (Lipinski definition) is 4. The highest BCUT2D eigenvalue weighted by Crippen LogP contribution is 2.13. The number of ether oxygens (including phenoxy) is 1. The van der Waals surface area contributed by atoms with Gasteiger partial charge in [0.2, 0.25) is 5.91 Å². The fourth-order valence-corrected chi connectivity index (χ4v) is 2.52. The Hall–Kier alpha value is -3.55. The molecular weight excluding hydrogens is 372 g/mol. The number of benzene rings is 2. The Morgan fingerprint density at radius 2 is 1.72 bits per heavy atom. The smallest absolute Gasteiger partial charge is 0.408 e. The number of alkyl carbamates (subject to hydrolysis) is 1. The molecule has 0 aliphatic heterocycles. The number of anilines is 1. The van der Waals surface area contributed by atoms with E-state index in [1.807, 2.05) is 30.3 Å². The van der Waals surface area contributed by atoms with Crippen molar-refractivity contribution in [2.45, 2.75) is 38.8 Å². The fraction of sp³-hybridized carbons (Fsp3) is 0.286. The first-order valence-electron chi connectivity index (χ1n) is 9.10. The van der Waals surface area contributed by atoms with Crippen LogP contribution in [0.3, 0.4) is 0 Å². The Morgan fingerprint density at radius 3 is 2.28 bits per heavy atom. The third-order valence-electron chi connectivity index (χ3n) is 3.85. The summed E-state index contributed by atoms with van der Waals surface area (Å²) in [4.78, 5) is 25.0. The Labute approximate surface area is 169 Å². The Bertz CT molecular complexity index is 858. The lowest BCUT2D eigenvalue weighted by molar-refractivity contribution is -0.118. The second-order valence-electron chi connectivity index (χ2n) is 7.44. The molecule has 0 aliphatic rings. The lowest BCUT2D eigenvalue weighted by Gasteiger charge is -2.23. The first-order chi connectivity index (χ1) is 13.7. The van der Waals surface area contributed by atoms with Gasteiger partial charge in [-0.2, -0.15) is 0 Å². The minimum absolute atomic E-state index is 0.0311. The van der Waals surface area contributed by atoms with Crippen LogP contribution in [0.4, 0.5) is 10.5 Å². The van der Waals surface area contributed by atoms with Gasteiger partial charge >= 0.3 is 6.09 Å². The molecule has 2 amide bonds. The van der Waals surface area contributed by atoms with E-state index in [-0.39, 0.29) is 5.84 Å². The maximum absolute atomic E-state index is 12.8. The summed E-state index contributed by atoms with van der Waals surface area (Å²) in [5.74, 6) is -0.423. The number of amides is 2. The van der Waals surface area contributed by atoms with Gasteiger partial charge in [-0.15, -0.1) is 0 Å². The van der Waals surface area contributed by atoms with E-state index >= 15 is 0 Å². The van der Waals surface area contributed by atoms with Gasteiger partial charge in [-0.05, 0) is 50.6 Å². The number of hydrogen-bond acceptors (Lipinski definition) is 5. The molecule has 0 fully saturated rings. The summed E-state index contributed by atoms with van der Waals surface area (Å²) >= 11 is 0. The molecule has 29 heavy (non-hydrogen) atoms. The third kappa shape index (κ3) is 7.17. The van der Waals surface area contributed by atoms with Crippen molar-refractivity contribution in [2.75, 3.05) is 5.32 Å². The molecule has 0 saturated carbocycles. The first kappa shape index (κ1) is 21.7. The predicted octanol–water partition coefficient (Wildman–Crippen LogP) is 2.86. The fourth-order valence-electron chi connectivity index (χ4n) is 2.52. The molecule has 0 saturated heterocycles. The lowest BCUT2D eigenvalue weighted by Crippen LogP contribution is -2.47. The monoisotopic (exact) mass is 398 g/mol. The number of rotatable bonds is 6. The van der Waals surface area contributed by atoms with Crippen molar-refractivity contribution in [3.05, 3.63) is 65.7 Å². The Kier molecular flexibility index (Phi) is 7.19. The van der Waals surface area contributed by atoms with Gasteiger partial charge in [0, 0.05) is 17.7 Å². The zero-order chi connectivity index (χ0) is 21.4. The lowest BCUT2D eigenvalue weighted by atomic mass is 10.1. The molecule has 2 aromatic rings. The quantitative estimate of drug-likeness (QED) is 0.258. The maximum atomic E-state index is 12.8. The van der Waals surface area contributed by atoms with Crippen LogP contribution >= 0.6 is 0 Å². The van der Waals surface area contributed by atoms with E-state index in [9.17, 15) is 9.59 Å². The van der Waals surface area contributed by atoms with Crippen LogP contribution in [0.25, 0.3) is 0 Å². The molecule has 0 bridgehead atoms. The molecule has 154 valence electrons. The molecule has 8 heteroatoms. The second-order valence-corrected chi connectivity index (χ2v) is 7.44. The molecule has 0 radical (unpaired) electrons. The Morgan fingerprint density at radius 1 is 1.10 bits per heavy atom. The highest BCUT2D eigenvalue weighted by Gasteiger charge is 2.25. The van der Waals surface area contributed by atoms with Crippen molar-refractivity contribution < 1.29 is 19.5 Å². The van der Waals surface area contributed by atoms with Crippen LogP contribution in [0, 0.1) is 0 Å². The molecule has 1 unspecified atom stereocenters. The standard InChI is InChI=1S/C21H26N4O4/c1-21(2,3)29-20(27)24-17(13-14-7-5-4-6-8-14)19(26)23-16-11-9-15(10-12-16)18(22)25-28/h4-12,17,28H,13H2,1-3H3,(H2,22,25)(H,23,26)(H,24,27). The minimum Gasteiger partial charge on any atom is -0.444 e. The Balaban J connectivity index is 2.13. The van der Waals surface area contributed by atoms with Gasteiger partial charge in [0.25, 0.3) is 0 Å². The molecule has 1 atom stereocenters.